The number of hydrogen-bond acceptors (Lipinski definition) is 3. The molecular formula is C21H18F3N3. The summed E-state index contributed by atoms with van der Waals surface area (Å²) >= 11 is 0. The van der Waals surface area contributed by atoms with E-state index in [9.17, 15) is 13.2 Å². The molecular weight excluding hydrogens is 351 g/mol. The van der Waals surface area contributed by atoms with Crippen LogP contribution < -0.4 is 14.7 Å². The van der Waals surface area contributed by atoms with E-state index >= 15 is 0 Å². The van der Waals surface area contributed by atoms with Crippen LogP contribution >= 0.6 is 0 Å². The summed E-state index contributed by atoms with van der Waals surface area (Å²) < 4.78 is 39.9. The van der Waals surface area contributed by atoms with Crippen LogP contribution in [0.1, 0.15) is 0 Å². The lowest BCUT2D eigenvalue weighted by molar-refractivity contribution is 0.602. The molecule has 1 fully saturated rings. The second kappa shape index (κ2) is 7.23. The summed E-state index contributed by atoms with van der Waals surface area (Å²) in [4.78, 5) is 6.24. The summed E-state index contributed by atoms with van der Waals surface area (Å²) in [5.74, 6) is -0.871. The first-order chi connectivity index (χ1) is 13.1. The van der Waals surface area contributed by atoms with Crippen molar-refractivity contribution >= 4 is 17.1 Å². The van der Waals surface area contributed by atoms with Gasteiger partial charge in [-0.1, -0.05) is 0 Å². The summed E-state index contributed by atoms with van der Waals surface area (Å²) in [5.41, 5.74) is 2.61. The highest BCUT2D eigenvalue weighted by Gasteiger charge is 2.24. The zero-order valence-corrected chi connectivity index (χ0v) is 14.5. The van der Waals surface area contributed by atoms with Gasteiger partial charge in [0.1, 0.15) is 17.5 Å². The third-order valence-corrected chi connectivity index (χ3v) is 4.60. The smallest absolute Gasteiger partial charge is 0.123 e. The molecule has 138 valence electrons. The normalized spacial score (nSPS) is 14.6. The first-order valence-electron chi connectivity index (χ1n) is 8.60. The fraction of sp³-hybridized carbons (Fsp3) is 0.143. The Morgan fingerprint density at radius 1 is 0.407 bits per heavy atom. The van der Waals surface area contributed by atoms with Gasteiger partial charge in [0.15, 0.2) is 0 Å². The molecule has 3 aromatic rings. The molecule has 0 spiro atoms. The van der Waals surface area contributed by atoms with Crippen molar-refractivity contribution in [2.45, 2.75) is 0 Å². The van der Waals surface area contributed by atoms with Crippen molar-refractivity contribution in [1.82, 2.24) is 0 Å². The van der Waals surface area contributed by atoms with Crippen LogP contribution in [0.3, 0.4) is 0 Å². The van der Waals surface area contributed by atoms with Gasteiger partial charge in [-0.15, -0.1) is 0 Å². The minimum atomic E-state index is -0.290. The molecule has 0 unspecified atom stereocenters. The first kappa shape index (κ1) is 17.3. The maximum absolute atomic E-state index is 13.3. The molecule has 0 aromatic heterocycles. The predicted molar refractivity (Wildman–Crippen MR) is 101 cm³/mol. The molecule has 1 heterocycles. The van der Waals surface area contributed by atoms with Gasteiger partial charge in [-0.3, -0.25) is 0 Å². The number of halogens is 3. The average Bonchev–Trinajstić information content (AvgIpc) is 2.69. The molecule has 0 amide bonds. The van der Waals surface area contributed by atoms with E-state index in [1.54, 1.807) is 36.4 Å². The van der Waals surface area contributed by atoms with E-state index in [-0.39, 0.29) is 17.5 Å². The van der Waals surface area contributed by atoms with Crippen molar-refractivity contribution in [3.63, 3.8) is 0 Å². The SMILES string of the molecule is Fc1ccc(N2CN(c3ccc(F)cc3)CN(c3ccc(F)cc3)C2)cc1. The van der Waals surface area contributed by atoms with Crippen LogP contribution in [0.15, 0.2) is 72.8 Å². The lowest BCUT2D eigenvalue weighted by Gasteiger charge is -2.45. The van der Waals surface area contributed by atoms with Crippen LogP contribution in [-0.4, -0.2) is 20.0 Å². The highest BCUT2D eigenvalue weighted by Crippen LogP contribution is 2.27. The Morgan fingerprint density at radius 2 is 0.630 bits per heavy atom. The largest absolute Gasteiger partial charge is 0.336 e. The molecule has 1 aliphatic heterocycles. The van der Waals surface area contributed by atoms with Gasteiger partial charge >= 0.3 is 0 Å². The number of hydrogen-bond donors (Lipinski definition) is 0. The van der Waals surface area contributed by atoms with Gasteiger partial charge in [-0.25, -0.2) is 13.2 Å². The summed E-state index contributed by atoms with van der Waals surface area (Å²) in [5, 5.41) is 0. The lowest BCUT2D eigenvalue weighted by Crippen LogP contribution is -2.55. The molecule has 1 aliphatic rings. The van der Waals surface area contributed by atoms with Crippen molar-refractivity contribution in [1.29, 1.82) is 0 Å². The molecule has 0 atom stereocenters. The first-order valence-corrected chi connectivity index (χ1v) is 8.60. The van der Waals surface area contributed by atoms with Gasteiger partial charge in [0.05, 0.1) is 20.0 Å². The fourth-order valence-electron chi connectivity index (χ4n) is 3.20. The van der Waals surface area contributed by atoms with E-state index in [1.165, 1.54) is 36.4 Å². The summed E-state index contributed by atoms with van der Waals surface area (Å²) in [6.45, 7) is 1.69. The molecule has 0 radical (unpaired) electrons. The molecule has 0 N–H and O–H groups in total. The Hall–Kier alpha value is -3.15. The Balaban J connectivity index is 1.66. The average molecular weight is 369 g/mol. The molecule has 6 heteroatoms. The van der Waals surface area contributed by atoms with Gasteiger partial charge < -0.3 is 14.7 Å². The van der Waals surface area contributed by atoms with Crippen LogP contribution in [0, 0.1) is 17.5 Å². The molecule has 1 saturated heterocycles. The third-order valence-electron chi connectivity index (χ3n) is 4.60. The second-order valence-electron chi connectivity index (χ2n) is 6.47. The third kappa shape index (κ3) is 3.84. The van der Waals surface area contributed by atoms with Gasteiger partial charge in [0, 0.05) is 17.1 Å². The number of anilines is 3. The monoisotopic (exact) mass is 369 g/mol. The maximum Gasteiger partial charge on any atom is 0.123 e. The molecule has 4 rings (SSSR count). The Bertz CT molecular complexity index is 767. The Labute approximate surface area is 155 Å². The number of nitrogens with zero attached hydrogens (tertiary/aromatic N) is 3. The molecule has 0 saturated carbocycles. The highest BCUT2D eigenvalue weighted by molar-refractivity contribution is 5.58. The zero-order chi connectivity index (χ0) is 18.8. The molecule has 0 bridgehead atoms. The fourth-order valence-corrected chi connectivity index (χ4v) is 3.20. The number of benzene rings is 3. The van der Waals surface area contributed by atoms with E-state index in [2.05, 4.69) is 14.7 Å². The van der Waals surface area contributed by atoms with E-state index in [0.717, 1.165) is 17.1 Å². The summed E-state index contributed by atoms with van der Waals surface area (Å²) in [6.07, 6.45) is 0. The highest BCUT2D eigenvalue weighted by atomic mass is 19.1. The van der Waals surface area contributed by atoms with Crippen LogP contribution in [0.4, 0.5) is 30.2 Å². The quantitative estimate of drug-likeness (QED) is 0.656. The Morgan fingerprint density at radius 3 is 0.852 bits per heavy atom. The van der Waals surface area contributed by atoms with Crippen molar-refractivity contribution in [3.8, 4) is 0 Å². The van der Waals surface area contributed by atoms with E-state index in [0.29, 0.717) is 20.0 Å². The van der Waals surface area contributed by atoms with Crippen LogP contribution in [0.25, 0.3) is 0 Å². The molecule has 27 heavy (non-hydrogen) atoms. The topological polar surface area (TPSA) is 9.72 Å². The standard InChI is InChI=1S/C21H18F3N3/c22-16-1-7-19(8-2-16)25-13-26(20-9-3-17(23)4-10-20)15-27(14-25)21-11-5-18(24)6-12-21/h1-12H,13-15H2. The van der Waals surface area contributed by atoms with Gasteiger partial charge in [0.2, 0.25) is 0 Å². The van der Waals surface area contributed by atoms with Gasteiger partial charge in [-0.05, 0) is 72.8 Å². The molecule has 3 aromatic carbocycles. The van der Waals surface area contributed by atoms with Crippen LogP contribution in [0.2, 0.25) is 0 Å². The van der Waals surface area contributed by atoms with Crippen molar-refractivity contribution < 1.29 is 13.2 Å². The number of rotatable bonds is 3. The zero-order valence-electron chi connectivity index (χ0n) is 14.5. The van der Waals surface area contributed by atoms with Crippen LogP contribution in [-0.2, 0) is 0 Å². The lowest BCUT2D eigenvalue weighted by atomic mass is 10.2. The van der Waals surface area contributed by atoms with Crippen LogP contribution in [0.5, 0.6) is 0 Å². The van der Waals surface area contributed by atoms with Crippen molar-refractivity contribution in [2.75, 3.05) is 34.7 Å². The maximum atomic E-state index is 13.3. The predicted octanol–water partition coefficient (Wildman–Crippen LogP) is 4.81. The van der Waals surface area contributed by atoms with Crippen molar-refractivity contribution in [3.05, 3.63) is 90.2 Å². The summed E-state index contributed by atoms with van der Waals surface area (Å²) in [6, 6.07) is 18.9. The van der Waals surface area contributed by atoms with E-state index in [1.807, 2.05) is 0 Å². The van der Waals surface area contributed by atoms with Crippen molar-refractivity contribution in [2.24, 2.45) is 0 Å². The van der Waals surface area contributed by atoms with E-state index in [4.69, 9.17) is 0 Å². The van der Waals surface area contributed by atoms with E-state index < -0.39 is 0 Å². The second-order valence-corrected chi connectivity index (χ2v) is 6.47. The van der Waals surface area contributed by atoms with Gasteiger partial charge in [0.25, 0.3) is 0 Å². The molecule has 3 nitrogen and oxygen atoms in total. The minimum Gasteiger partial charge on any atom is -0.336 e. The minimum absolute atomic E-state index is 0.290. The summed E-state index contributed by atoms with van der Waals surface area (Å²) in [7, 11) is 0. The van der Waals surface area contributed by atoms with Gasteiger partial charge in [-0.2, -0.15) is 0 Å². The Kier molecular flexibility index (Phi) is 4.62. The molecule has 0 aliphatic carbocycles.